The van der Waals surface area contributed by atoms with Gasteiger partial charge in [-0.25, -0.2) is 8.42 Å². The monoisotopic (exact) mass is 509 g/mol. The van der Waals surface area contributed by atoms with Crippen molar-refractivity contribution in [3.8, 4) is 0 Å². The highest BCUT2D eigenvalue weighted by atomic mass is 35.5. The van der Waals surface area contributed by atoms with Gasteiger partial charge in [0.1, 0.15) is 5.69 Å². The van der Waals surface area contributed by atoms with Crippen LogP contribution in [0.3, 0.4) is 0 Å². The molecular formula is C27H28ClN3O3S. The van der Waals surface area contributed by atoms with E-state index in [4.69, 9.17) is 11.6 Å². The van der Waals surface area contributed by atoms with Crippen LogP contribution in [0.2, 0.25) is 5.02 Å². The van der Waals surface area contributed by atoms with Crippen LogP contribution >= 0.6 is 11.6 Å². The highest BCUT2D eigenvalue weighted by Crippen LogP contribution is 2.27. The average molecular weight is 510 g/mol. The number of aryl methyl sites for hydroxylation is 1. The van der Waals surface area contributed by atoms with Gasteiger partial charge < -0.3 is 9.88 Å². The Morgan fingerprint density at radius 3 is 2.43 bits per heavy atom. The van der Waals surface area contributed by atoms with E-state index < -0.39 is 10.0 Å². The van der Waals surface area contributed by atoms with Gasteiger partial charge in [-0.15, -0.1) is 0 Å². The van der Waals surface area contributed by atoms with Gasteiger partial charge in [-0.1, -0.05) is 55.3 Å². The number of halogens is 1. The van der Waals surface area contributed by atoms with Gasteiger partial charge in [0.15, 0.2) is 0 Å². The molecule has 0 fully saturated rings. The van der Waals surface area contributed by atoms with Crippen molar-refractivity contribution in [2.75, 3.05) is 11.3 Å². The molecule has 1 aromatic heterocycles. The van der Waals surface area contributed by atoms with E-state index in [2.05, 4.69) is 16.1 Å². The summed E-state index contributed by atoms with van der Waals surface area (Å²) in [6, 6.07) is 21.2. The molecule has 0 aliphatic rings. The molecule has 0 saturated carbocycles. The zero-order valence-corrected chi connectivity index (χ0v) is 21.5. The molecule has 0 spiro atoms. The Morgan fingerprint density at radius 2 is 1.74 bits per heavy atom. The number of hydrogen-bond donors (Lipinski definition) is 2. The zero-order valence-electron chi connectivity index (χ0n) is 19.9. The van der Waals surface area contributed by atoms with Gasteiger partial charge in [0.05, 0.1) is 4.90 Å². The number of benzene rings is 3. The highest BCUT2D eigenvalue weighted by molar-refractivity contribution is 7.92. The molecule has 0 saturated heterocycles. The molecule has 1 amide bonds. The SMILES string of the molecule is Cc1cccc(Cn2c(C(=O)NCC(C)C)cc3cc(NS(=O)(=O)c4ccc(Cl)cc4)ccc32)c1. The first kappa shape index (κ1) is 24.8. The Kier molecular flexibility index (Phi) is 7.19. The first-order valence-electron chi connectivity index (χ1n) is 11.4. The number of sulfonamides is 1. The minimum Gasteiger partial charge on any atom is -0.351 e. The van der Waals surface area contributed by atoms with Crippen molar-refractivity contribution in [2.45, 2.75) is 32.2 Å². The predicted octanol–water partition coefficient (Wildman–Crippen LogP) is 5.84. The summed E-state index contributed by atoms with van der Waals surface area (Å²) in [4.78, 5) is 13.2. The molecule has 0 atom stereocenters. The molecular weight excluding hydrogens is 482 g/mol. The van der Waals surface area contributed by atoms with E-state index in [0.717, 1.165) is 22.0 Å². The molecule has 182 valence electrons. The molecule has 4 rings (SSSR count). The summed E-state index contributed by atoms with van der Waals surface area (Å²) in [5, 5.41) is 4.22. The van der Waals surface area contributed by atoms with Gasteiger partial charge in [0, 0.05) is 34.7 Å². The summed E-state index contributed by atoms with van der Waals surface area (Å²) in [6.45, 7) is 7.21. The van der Waals surface area contributed by atoms with E-state index in [9.17, 15) is 13.2 Å². The first-order chi connectivity index (χ1) is 16.6. The summed E-state index contributed by atoms with van der Waals surface area (Å²) in [7, 11) is -3.78. The normalized spacial score (nSPS) is 11.7. The Morgan fingerprint density at radius 1 is 1.00 bits per heavy atom. The summed E-state index contributed by atoms with van der Waals surface area (Å²) in [6.07, 6.45) is 0. The summed E-state index contributed by atoms with van der Waals surface area (Å²) in [5.74, 6) is 0.160. The molecule has 0 radical (unpaired) electrons. The number of aromatic nitrogens is 1. The number of nitrogens with one attached hydrogen (secondary N) is 2. The number of fused-ring (bicyclic) bond motifs is 1. The minimum atomic E-state index is -3.78. The predicted molar refractivity (Wildman–Crippen MR) is 142 cm³/mol. The largest absolute Gasteiger partial charge is 0.351 e. The second-order valence-corrected chi connectivity index (χ2v) is 11.2. The Labute approximate surface area is 211 Å². The van der Waals surface area contributed by atoms with Gasteiger partial charge in [0.25, 0.3) is 15.9 Å². The Balaban J connectivity index is 1.71. The van der Waals surface area contributed by atoms with Crippen molar-refractivity contribution in [1.82, 2.24) is 9.88 Å². The number of carbonyl (C=O) groups excluding carboxylic acids is 1. The fraction of sp³-hybridized carbons (Fsp3) is 0.222. The lowest BCUT2D eigenvalue weighted by atomic mass is 10.1. The average Bonchev–Trinajstić information content (AvgIpc) is 3.15. The number of carbonyl (C=O) groups is 1. The lowest BCUT2D eigenvalue weighted by Crippen LogP contribution is -2.29. The molecule has 0 aliphatic carbocycles. The van der Waals surface area contributed by atoms with Crippen molar-refractivity contribution in [3.63, 3.8) is 0 Å². The van der Waals surface area contributed by atoms with Gasteiger partial charge in [-0.3, -0.25) is 9.52 Å². The van der Waals surface area contributed by atoms with Crippen LogP contribution in [-0.2, 0) is 16.6 Å². The van der Waals surface area contributed by atoms with E-state index >= 15 is 0 Å². The third-order valence-corrected chi connectivity index (χ3v) is 7.25. The minimum absolute atomic E-state index is 0.118. The lowest BCUT2D eigenvalue weighted by molar-refractivity contribution is 0.0940. The van der Waals surface area contributed by atoms with E-state index in [1.807, 2.05) is 49.6 Å². The summed E-state index contributed by atoms with van der Waals surface area (Å²) < 4.78 is 30.2. The molecule has 6 nitrogen and oxygen atoms in total. The number of anilines is 1. The van der Waals surface area contributed by atoms with Crippen LogP contribution in [0.1, 0.15) is 35.5 Å². The molecule has 4 aromatic rings. The van der Waals surface area contributed by atoms with Gasteiger partial charge in [0.2, 0.25) is 0 Å². The fourth-order valence-corrected chi connectivity index (χ4v) is 5.08. The molecule has 0 unspecified atom stereocenters. The number of amides is 1. The molecule has 0 bridgehead atoms. The van der Waals surface area contributed by atoms with Gasteiger partial charge in [-0.2, -0.15) is 0 Å². The number of hydrogen-bond acceptors (Lipinski definition) is 3. The van der Waals surface area contributed by atoms with Crippen LogP contribution in [0.25, 0.3) is 10.9 Å². The van der Waals surface area contributed by atoms with Crippen LogP contribution in [0, 0.1) is 12.8 Å². The number of nitrogens with zero attached hydrogens (tertiary/aromatic N) is 1. The zero-order chi connectivity index (χ0) is 25.2. The molecule has 2 N–H and O–H groups in total. The van der Waals surface area contributed by atoms with E-state index in [-0.39, 0.29) is 10.8 Å². The van der Waals surface area contributed by atoms with E-state index in [0.29, 0.717) is 35.4 Å². The van der Waals surface area contributed by atoms with Crippen molar-refractivity contribution in [2.24, 2.45) is 5.92 Å². The molecule has 8 heteroatoms. The third-order valence-electron chi connectivity index (χ3n) is 5.60. The molecule has 35 heavy (non-hydrogen) atoms. The maximum absolute atomic E-state index is 13.1. The Hall–Kier alpha value is -3.29. The maximum atomic E-state index is 13.1. The quantitative estimate of drug-likeness (QED) is 0.313. The van der Waals surface area contributed by atoms with Gasteiger partial charge in [-0.05, 0) is 66.9 Å². The number of rotatable bonds is 8. The van der Waals surface area contributed by atoms with Crippen molar-refractivity contribution in [3.05, 3.63) is 94.6 Å². The summed E-state index contributed by atoms with van der Waals surface area (Å²) in [5.41, 5.74) is 4.00. The molecule has 3 aromatic carbocycles. The third kappa shape index (κ3) is 5.86. The smallest absolute Gasteiger partial charge is 0.267 e. The van der Waals surface area contributed by atoms with Crippen LogP contribution in [0.5, 0.6) is 0 Å². The molecule has 0 aliphatic heterocycles. The van der Waals surface area contributed by atoms with Gasteiger partial charge >= 0.3 is 0 Å². The van der Waals surface area contributed by atoms with Crippen LogP contribution in [-0.4, -0.2) is 25.4 Å². The topological polar surface area (TPSA) is 80.2 Å². The van der Waals surface area contributed by atoms with Crippen molar-refractivity contribution in [1.29, 1.82) is 0 Å². The fourth-order valence-electron chi connectivity index (χ4n) is 3.90. The highest BCUT2D eigenvalue weighted by Gasteiger charge is 2.19. The van der Waals surface area contributed by atoms with E-state index in [1.165, 1.54) is 24.3 Å². The van der Waals surface area contributed by atoms with E-state index in [1.54, 1.807) is 18.2 Å². The standard InChI is InChI=1S/C27H28ClN3O3S/c1-18(2)16-29-27(32)26-15-21-14-23(30-35(33,34)24-10-7-22(28)8-11-24)9-12-25(21)31(26)17-20-6-4-5-19(3)13-20/h4-15,18,30H,16-17H2,1-3H3,(H,29,32). The lowest BCUT2D eigenvalue weighted by Gasteiger charge is -2.13. The van der Waals surface area contributed by atoms with Crippen LogP contribution in [0.4, 0.5) is 5.69 Å². The second-order valence-electron chi connectivity index (χ2n) is 9.04. The first-order valence-corrected chi connectivity index (χ1v) is 13.2. The van der Waals surface area contributed by atoms with Crippen LogP contribution < -0.4 is 10.0 Å². The second kappa shape index (κ2) is 10.1. The Bertz CT molecular complexity index is 1480. The molecule has 1 heterocycles. The summed E-state index contributed by atoms with van der Waals surface area (Å²) >= 11 is 5.89. The van der Waals surface area contributed by atoms with Crippen LogP contribution in [0.15, 0.2) is 77.7 Å². The van der Waals surface area contributed by atoms with Crippen molar-refractivity contribution < 1.29 is 13.2 Å². The van der Waals surface area contributed by atoms with Crippen molar-refractivity contribution >= 4 is 44.1 Å². The maximum Gasteiger partial charge on any atom is 0.267 e.